The van der Waals surface area contributed by atoms with Crippen LogP contribution in [0.2, 0.25) is 0 Å². The van der Waals surface area contributed by atoms with Gasteiger partial charge in [0.2, 0.25) is 0 Å². The molecule has 2 fully saturated rings. The monoisotopic (exact) mass is 284 g/mol. The quantitative estimate of drug-likeness (QED) is 0.438. The lowest BCUT2D eigenvalue weighted by atomic mass is 9.79. The molecule has 1 heterocycles. The summed E-state index contributed by atoms with van der Waals surface area (Å²) in [6.07, 6.45) is 2.94. The Hall–Kier alpha value is -1.59. The molecule has 112 valence electrons. The van der Waals surface area contributed by atoms with Gasteiger partial charge in [0.25, 0.3) is 0 Å². The van der Waals surface area contributed by atoms with Gasteiger partial charge >= 0.3 is 17.9 Å². The Balaban J connectivity index is 2.31. The molecule has 20 heavy (non-hydrogen) atoms. The molecule has 0 amide bonds. The molecular formula is C14H20O6. The molecule has 1 aliphatic carbocycles. The van der Waals surface area contributed by atoms with E-state index in [2.05, 4.69) is 0 Å². The summed E-state index contributed by atoms with van der Waals surface area (Å²) in [4.78, 5) is 36.2. The van der Waals surface area contributed by atoms with E-state index in [9.17, 15) is 14.4 Å². The van der Waals surface area contributed by atoms with Gasteiger partial charge in [0.15, 0.2) is 5.92 Å². The molecule has 0 aromatic rings. The lowest BCUT2D eigenvalue weighted by molar-refractivity contribution is -0.162. The summed E-state index contributed by atoms with van der Waals surface area (Å²) in [7, 11) is 0. The minimum absolute atomic E-state index is 0.158. The van der Waals surface area contributed by atoms with Crippen LogP contribution in [0.15, 0.2) is 0 Å². The fourth-order valence-electron chi connectivity index (χ4n) is 3.20. The highest BCUT2D eigenvalue weighted by molar-refractivity contribution is 6.02. The molecule has 6 heteroatoms. The highest BCUT2D eigenvalue weighted by atomic mass is 16.6. The molecule has 0 aromatic carbocycles. The van der Waals surface area contributed by atoms with E-state index < -0.39 is 35.3 Å². The van der Waals surface area contributed by atoms with Crippen molar-refractivity contribution in [2.24, 2.45) is 11.8 Å². The average Bonchev–Trinajstić information content (AvgIpc) is 2.95. The Morgan fingerprint density at radius 2 is 1.70 bits per heavy atom. The average molecular weight is 284 g/mol. The number of hydrogen-bond acceptors (Lipinski definition) is 6. The van der Waals surface area contributed by atoms with Crippen LogP contribution in [-0.2, 0) is 28.6 Å². The normalized spacial score (nSPS) is 27.4. The largest absolute Gasteiger partial charge is 0.466 e. The third kappa shape index (κ3) is 2.39. The minimum Gasteiger partial charge on any atom is -0.466 e. The van der Waals surface area contributed by atoms with Crippen molar-refractivity contribution in [1.29, 1.82) is 0 Å². The van der Waals surface area contributed by atoms with E-state index >= 15 is 0 Å². The predicted molar refractivity (Wildman–Crippen MR) is 67.5 cm³/mol. The first kappa shape index (κ1) is 14.8. The molecule has 1 saturated carbocycles. The van der Waals surface area contributed by atoms with Crippen molar-refractivity contribution in [3.63, 3.8) is 0 Å². The maximum absolute atomic E-state index is 12.2. The molecule has 2 aliphatic rings. The van der Waals surface area contributed by atoms with Gasteiger partial charge in [-0.05, 0) is 39.5 Å². The van der Waals surface area contributed by atoms with Gasteiger partial charge in [-0.1, -0.05) is 0 Å². The summed E-state index contributed by atoms with van der Waals surface area (Å²) in [5.74, 6) is -3.97. The second-order valence-corrected chi connectivity index (χ2v) is 5.15. The predicted octanol–water partition coefficient (Wildman–Crippen LogP) is 1.21. The summed E-state index contributed by atoms with van der Waals surface area (Å²) >= 11 is 0. The lowest BCUT2D eigenvalue weighted by Crippen LogP contribution is -2.42. The molecule has 0 N–H and O–H groups in total. The maximum Gasteiger partial charge on any atom is 0.321 e. The molecule has 0 bridgehead atoms. The van der Waals surface area contributed by atoms with Crippen LogP contribution in [0.5, 0.6) is 0 Å². The standard InChI is InChI=1S/C14H20O6/c1-3-18-11(15)9-10(13(17)19-4-2)14(20-12(9)16)7-5-6-8-14/h9-10H,3-8H2,1-2H3/t9-,10+/m0/s1. The number of rotatable bonds is 4. The third-order valence-corrected chi connectivity index (χ3v) is 3.99. The number of esters is 3. The van der Waals surface area contributed by atoms with Gasteiger partial charge in [0.05, 0.1) is 13.2 Å². The molecule has 0 unspecified atom stereocenters. The minimum atomic E-state index is -1.19. The Morgan fingerprint density at radius 1 is 1.15 bits per heavy atom. The van der Waals surface area contributed by atoms with Crippen molar-refractivity contribution < 1.29 is 28.6 Å². The van der Waals surface area contributed by atoms with Gasteiger partial charge in [-0.3, -0.25) is 14.4 Å². The third-order valence-electron chi connectivity index (χ3n) is 3.99. The van der Waals surface area contributed by atoms with Gasteiger partial charge in [0, 0.05) is 0 Å². The first-order valence-electron chi connectivity index (χ1n) is 7.12. The summed E-state index contributed by atoms with van der Waals surface area (Å²) in [6, 6.07) is 0. The number of carbonyl (C=O) groups excluding carboxylic acids is 3. The molecule has 2 atom stereocenters. The Labute approximate surface area is 117 Å². The zero-order valence-corrected chi connectivity index (χ0v) is 11.8. The summed E-state index contributed by atoms with van der Waals surface area (Å²) < 4.78 is 15.4. The van der Waals surface area contributed by atoms with Crippen molar-refractivity contribution in [3.05, 3.63) is 0 Å². The van der Waals surface area contributed by atoms with Crippen LogP contribution in [0.1, 0.15) is 39.5 Å². The molecule has 0 aromatic heterocycles. The van der Waals surface area contributed by atoms with E-state index in [1.54, 1.807) is 13.8 Å². The number of hydrogen-bond donors (Lipinski definition) is 0. The van der Waals surface area contributed by atoms with E-state index in [1.807, 2.05) is 0 Å². The summed E-state index contributed by atoms with van der Waals surface area (Å²) in [5, 5.41) is 0. The van der Waals surface area contributed by atoms with E-state index in [4.69, 9.17) is 14.2 Å². The molecule has 1 saturated heterocycles. The van der Waals surface area contributed by atoms with Crippen LogP contribution in [0, 0.1) is 11.8 Å². The van der Waals surface area contributed by atoms with E-state index in [0.717, 1.165) is 12.8 Å². The van der Waals surface area contributed by atoms with Gasteiger partial charge in [0.1, 0.15) is 11.5 Å². The van der Waals surface area contributed by atoms with Gasteiger partial charge in [-0.2, -0.15) is 0 Å². The maximum atomic E-state index is 12.2. The van der Waals surface area contributed by atoms with Crippen molar-refractivity contribution in [1.82, 2.24) is 0 Å². The van der Waals surface area contributed by atoms with Crippen LogP contribution >= 0.6 is 0 Å². The Kier molecular flexibility index (Phi) is 4.30. The number of carbonyl (C=O) groups is 3. The van der Waals surface area contributed by atoms with Crippen LogP contribution in [-0.4, -0.2) is 36.7 Å². The fourth-order valence-corrected chi connectivity index (χ4v) is 3.20. The fraction of sp³-hybridized carbons (Fsp3) is 0.786. The Bertz CT molecular complexity index is 410. The van der Waals surface area contributed by atoms with Crippen molar-refractivity contribution in [2.75, 3.05) is 13.2 Å². The highest BCUT2D eigenvalue weighted by Crippen LogP contribution is 2.48. The second-order valence-electron chi connectivity index (χ2n) is 5.15. The zero-order valence-electron chi connectivity index (χ0n) is 11.8. The van der Waals surface area contributed by atoms with Crippen LogP contribution in [0.3, 0.4) is 0 Å². The smallest absolute Gasteiger partial charge is 0.321 e. The van der Waals surface area contributed by atoms with Gasteiger partial charge in [-0.25, -0.2) is 0 Å². The molecule has 6 nitrogen and oxygen atoms in total. The topological polar surface area (TPSA) is 78.9 Å². The van der Waals surface area contributed by atoms with Crippen LogP contribution in [0.4, 0.5) is 0 Å². The van der Waals surface area contributed by atoms with Crippen molar-refractivity contribution >= 4 is 17.9 Å². The van der Waals surface area contributed by atoms with Crippen molar-refractivity contribution in [3.8, 4) is 0 Å². The molecular weight excluding hydrogens is 264 g/mol. The molecule has 1 aliphatic heterocycles. The molecule has 2 rings (SSSR count). The first-order chi connectivity index (χ1) is 9.55. The Morgan fingerprint density at radius 3 is 2.25 bits per heavy atom. The number of ether oxygens (including phenoxy) is 3. The van der Waals surface area contributed by atoms with Crippen LogP contribution in [0.25, 0.3) is 0 Å². The molecule has 1 spiro atoms. The summed E-state index contributed by atoms with van der Waals surface area (Å²) in [5.41, 5.74) is -0.874. The summed E-state index contributed by atoms with van der Waals surface area (Å²) in [6.45, 7) is 3.71. The second kappa shape index (κ2) is 5.81. The zero-order chi connectivity index (χ0) is 14.8. The van der Waals surface area contributed by atoms with Gasteiger partial charge in [-0.15, -0.1) is 0 Å². The SMILES string of the molecule is CCOC(=O)[C@H]1C(=O)OC2(CCCC2)[C@H]1C(=O)OCC. The first-order valence-corrected chi connectivity index (χ1v) is 7.12. The lowest BCUT2D eigenvalue weighted by Gasteiger charge is -2.28. The highest BCUT2D eigenvalue weighted by Gasteiger charge is 2.63. The van der Waals surface area contributed by atoms with Gasteiger partial charge < -0.3 is 14.2 Å². The van der Waals surface area contributed by atoms with Crippen LogP contribution < -0.4 is 0 Å². The van der Waals surface area contributed by atoms with E-state index in [1.165, 1.54) is 0 Å². The van der Waals surface area contributed by atoms with E-state index in [0.29, 0.717) is 12.8 Å². The van der Waals surface area contributed by atoms with Crippen molar-refractivity contribution in [2.45, 2.75) is 45.1 Å². The molecule has 0 radical (unpaired) electrons. The van der Waals surface area contributed by atoms with E-state index in [-0.39, 0.29) is 13.2 Å².